The SMILES string of the molecule is COC(C)Cn1c(CN2CCC(c3cccc(OCc4ccc(C#N)cc4F)n3)C3CC32)nc2ccc(C(=O)O)cc21. The summed E-state index contributed by atoms with van der Waals surface area (Å²) in [6.07, 6.45) is 1.97. The van der Waals surface area contributed by atoms with Crippen LogP contribution in [0.1, 0.15) is 58.7 Å². The summed E-state index contributed by atoms with van der Waals surface area (Å²) in [5, 5.41) is 18.5. The highest BCUT2D eigenvalue weighted by molar-refractivity contribution is 5.92. The van der Waals surface area contributed by atoms with Crippen molar-refractivity contribution in [2.75, 3.05) is 13.7 Å². The molecule has 1 saturated heterocycles. The number of benzene rings is 2. The molecule has 4 aromatic rings. The number of aromatic nitrogens is 3. The predicted octanol–water partition coefficient (Wildman–Crippen LogP) is 5.13. The highest BCUT2D eigenvalue weighted by Gasteiger charge is 2.50. The summed E-state index contributed by atoms with van der Waals surface area (Å²) in [6, 6.07) is 17.5. The Balaban J connectivity index is 1.14. The summed E-state index contributed by atoms with van der Waals surface area (Å²) in [6.45, 7) is 4.17. The maximum atomic E-state index is 14.3. The zero-order valence-corrected chi connectivity index (χ0v) is 23.5. The minimum atomic E-state index is -0.960. The van der Waals surface area contributed by atoms with E-state index in [2.05, 4.69) is 9.47 Å². The van der Waals surface area contributed by atoms with Crippen molar-refractivity contribution in [2.45, 2.75) is 57.5 Å². The fourth-order valence-electron chi connectivity index (χ4n) is 6.05. The summed E-state index contributed by atoms with van der Waals surface area (Å²) < 4.78 is 27.7. The van der Waals surface area contributed by atoms with Crippen LogP contribution >= 0.6 is 0 Å². The van der Waals surface area contributed by atoms with Gasteiger partial charge in [0.1, 0.15) is 18.2 Å². The van der Waals surface area contributed by atoms with Crippen LogP contribution in [-0.4, -0.2) is 56.3 Å². The van der Waals surface area contributed by atoms with Gasteiger partial charge in [-0.1, -0.05) is 12.1 Å². The van der Waals surface area contributed by atoms with E-state index < -0.39 is 11.8 Å². The number of nitrogens with zero attached hydrogens (tertiary/aromatic N) is 5. The quantitative estimate of drug-likeness (QED) is 0.280. The van der Waals surface area contributed by atoms with E-state index >= 15 is 0 Å². The number of likely N-dealkylation sites (tertiary alicyclic amines) is 1. The van der Waals surface area contributed by atoms with Gasteiger partial charge in [0.05, 0.1) is 47.4 Å². The van der Waals surface area contributed by atoms with Crippen molar-refractivity contribution in [3.63, 3.8) is 0 Å². The van der Waals surface area contributed by atoms with E-state index in [0.717, 1.165) is 41.9 Å². The van der Waals surface area contributed by atoms with Crippen LogP contribution in [0.5, 0.6) is 5.88 Å². The number of pyridine rings is 1. The molecule has 0 radical (unpaired) electrons. The van der Waals surface area contributed by atoms with Crippen LogP contribution in [0.4, 0.5) is 4.39 Å². The Labute approximate surface area is 243 Å². The Morgan fingerprint density at radius 2 is 2.07 bits per heavy atom. The first kappa shape index (κ1) is 27.8. The standard InChI is InChI=1S/C32H32FN5O4/c1-19(41-2)16-38-29-13-21(32(39)40)8-9-27(29)35-30(38)17-37-11-10-23(24-14-28(24)37)26-4-3-5-31(36-26)42-18-22-7-6-20(15-34)12-25(22)33/h3-9,12-13,19,23-24,28H,10-11,14,16-18H2,1-2H3,(H,39,40). The topological polar surface area (TPSA) is 114 Å². The smallest absolute Gasteiger partial charge is 0.335 e. The Morgan fingerprint density at radius 1 is 1.21 bits per heavy atom. The molecule has 216 valence electrons. The number of carboxylic acid groups (broad SMARTS) is 1. The van der Waals surface area contributed by atoms with Gasteiger partial charge in [-0.2, -0.15) is 5.26 Å². The second-order valence-corrected chi connectivity index (χ2v) is 11.1. The maximum absolute atomic E-state index is 14.3. The van der Waals surface area contributed by atoms with Crippen LogP contribution in [0.3, 0.4) is 0 Å². The van der Waals surface area contributed by atoms with Crippen LogP contribution in [0, 0.1) is 23.1 Å². The van der Waals surface area contributed by atoms with Gasteiger partial charge < -0.3 is 19.1 Å². The second kappa shape index (κ2) is 11.5. The Hall–Kier alpha value is -4.33. The highest BCUT2D eigenvalue weighted by atomic mass is 19.1. The molecular weight excluding hydrogens is 537 g/mol. The van der Waals surface area contributed by atoms with Gasteiger partial charge in [0.2, 0.25) is 5.88 Å². The molecule has 0 amide bonds. The van der Waals surface area contributed by atoms with Crippen molar-refractivity contribution in [2.24, 2.45) is 5.92 Å². The van der Waals surface area contributed by atoms with Crippen molar-refractivity contribution in [3.05, 3.63) is 88.6 Å². The first-order chi connectivity index (χ1) is 20.3. The van der Waals surface area contributed by atoms with Gasteiger partial charge in [-0.3, -0.25) is 4.90 Å². The van der Waals surface area contributed by atoms with E-state index in [1.54, 1.807) is 43.5 Å². The number of hydrogen-bond acceptors (Lipinski definition) is 7. The first-order valence-corrected chi connectivity index (χ1v) is 14.1. The number of rotatable bonds is 10. The average molecular weight is 570 g/mol. The lowest BCUT2D eigenvalue weighted by atomic mass is 9.92. The van der Waals surface area contributed by atoms with Crippen molar-refractivity contribution >= 4 is 17.0 Å². The third-order valence-electron chi connectivity index (χ3n) is 8.46. The number of fused-ring (bicyclic) bond motifs is 2. The van der Waals surface area contributed by atoms with E-state index in [9.17, 15) is 14.3 Å². The molecule has 1 saturated carbocycles. The maximum Gasteiger partial charge on any atom is 0.335 e. The molecule has 4 atom stereocenters. The number of ether oxygens (including phenoxy) is 2. The van der Waals surface area contributed by atoms with E-state index in [0.29, 0.717) is 42.4 Å². The van der Waals surface area contributed by atoms with Crippen molar-refractivity contribution < 1.29 is 23.8 Å². The summed E-state index contributed by atoms with van der Waals surface area (Å²) >= 11 is 0. The molecule has 2 aromatic heterocycles. The third-order valence-corrected chi connectivity index (χ3v) is 8.46. The Bertz CT molecular complexity index is 1680. The molecule has 0 bridgehead atoms. The number of imidazole rings is 1. The molecule has 1 aliphatic carbocycles. The summed E-state index contributed by atoms with van der Waals surface area (Å²) in [5.41, 5.74) is 3.46. The van der Waals surface area contributed by atoms with Gasteiger partial charge >= 0.3 is 5.97 Å². The van der Waals surface area contributed by atoms with Gasteiger partial charge in [-0.15, -0.1) is 0 Å². The lowest BCUT2D eigenvalue weighted by Crippen LogP contribution is -2.35. The first-order valence-electron chi connectivity index (χ1n) is 14.1. The zero-order chi connectivity index (χ0) is 29.4. The van der Waals surface area contributed by atoms with Crippen molar-refractivity contribution in [3.8, 4) is 11.9 Å². The van der Waals surface area contributed by atoms with Crippen LogP contribution in [0.2, 0.25) is 0 Å². The second-order valence-electron chi connectivity index (χ2n) is 11.1. The van der Waals surface area contributed by atoms with E-state index in [1.807, 2.05) is 25.1 Å². The minimum absolute atomic E-state index is 0.0368. The largest absolute Gasteiger partial charge is 0.478 e. The summed E-state index contributed by atoms with van der Waals surface area (Å²) in [5.74, 6) is 0.727. The van der Waals surface area contributed by atoms with Gasteiger partial charge in [0.25, 0.3) is 0 Å². The van der Waals surface area contributed by atoms with E-state index in [-0.39, 0.29) is 23.8 Å². The molecular formula is C32H32FN5O4. The molecule has 1 N–H and O–H groups in total. The number of nitriles is 1. The molecule has 10 heteroatoms. The molecule has 9 nitrogen and oxygen atoms in total. The highest BCUT2D eigenvalue weighted by Crippen LogP contribution is 2.51. The number of hydrogen-bond donors (Lipinski definition) is 1. The summed E-state index contributed by atoms with van der Waals surface area (Å²) in [7, 11) is 1.67. The molecule has 3 heterocycles. The molecule has 2 aliphatic rings. The van der Waals surface area contributed by atoms with Gasteiger partial charge in [-0.25, -0.2) is 19.2 Å². The van der Waals surface area contributed by atoms with Crippen LogP contribution < -0.4 is 4.74 Å². The van der Waals surface area contributed by atoms with E-state index in [1.165, 1.54) is 6.07 Å². The third kappa shape index (κ3) is 5.58. The molecule has 0 spiro atoms. The van der Waals surface area contributed by atoms with Crippen LogP contribution in [0.25, 0.3) is 11.0 Å². The number of methoxy groups -OCH3 is 1. The van der Waals surface area contributed by atoms with Gasteiger partial charge in [0, 0.05) is 36.4 Å². The Morgan fingerprint density at radius 3 is 2.83 bits per heavy atom. The van der Waals surface area contributed by atoms with Gasteiger partial charge in [-0.05, 0) is 68.6 Å². The molecule has 2 fully saturated rings. The zero-order valence-electron chi connectivity index (χ0n) is 23.5. The number of piperidine rings is 1. The monoisotopic (exact) mass is 569 g/mol. The van der Waals surface area contributed by atoms with Crippen molar-refractivity contribution in [1.29, 1.82) is 5.26 Å². The van der Waals surface area contributed by atoms with Crippen molar-refractivity contribution in [1.82, 2.24) is 19.4 Å². The van der Waals surface area contributed by atoms with Gasteiger partial charge in [0.15, 0.2) is 0 Å². The number of aromatic carboxylic acids is 1. The molecule has 4 unspecified atom stereocenters. The lowest BCUT2D eigenvalue weighted by molar-refractivity contribution is 0.0697. The number of halogens is 1. The normalized spacial score (nSPS) is 20.6. The average Bonchev–Trinajstić information content (AvgIpc) is 3.74. The molecule has 42 heavy (non-hydrogen) atoms. The van der Waals surface area contributed by atoms with Crippen LogP contribution in [0.15, 0.2) is 54.6 Å². The number of carboxylic acids is 1. The van der Waals surface area contributed by atoms with Crippen LogP contribution in [-0.2, 0) is 24.4 Å². The molecule has 2 aromatic carbocycles. The summed E-state index contributed by atoms with van der Waals surface area (Å²) in [4.78, 5) is 23.8. The predicted molar refractivity (Wildman–Crippen MR) is 153 cm³/mol. The Kier molecular flexibility index (Phi) is 7.62. The van der Waals surface area contributed by atoms with E-state index in [4.69, 9.17) is 24.7 Å². The minimum Gasteiger partial charge on any atom is -0.478 e. The fraction of sp³-hybridized carbons (Fsp3) is 0.375. The fourth-order valence-corrected chi connectivity index (χ4v) is 6.05. The number of carbonyl (C=O) groups is 1. The molecule has 6 rings (SSSR count). The molecule has 1 aliphatic heterocycles. The lowest BCUT2D eigenvalue weighted by Gasteiger charge is -2.31.